The van der Waals surface area contributed by atoms with Crippen molar-refractivity contribution in [2.24, 2.45) is 5.73 Å². The summed E-state index contributed by atoms with van der Waals surface area (Å²) in [4.78, 5) is 14.1. The van der Waals surface area contributed by atoms with E-state index >= 15 is 0 Å². The molecule has 0 atom stereocenters. The zero-order chi connectivity index (χ0) is 13.8. The number of nitrogens with one attached hydrogen (secondary N) is 1. The Morgan fingerprint density at radius 2 is 1.89 bits per heavy atom. The van der Waals surface area contributed by atoms with Crippen LogP contribution < -0.4 is 11.1 Å². The van der Waals surface area contributed by atoms with E-state index in [1.807, 2.05) is 0 Å². The molecule has 1 aromatic carbocycles. The van der Waals surface area contributed by atoms with Crippen LogP contribution in [0.15, 0.2) is 18.2 Å². The van der Waals surface area contributed by atoms with Crippen molar-refractivity contribution in [3.8, 4) is 0 Å². The Bertz CT molecular complexity index is 439. The molecule has 1 saturated heterocycles. The van der Waals surface area contributed by atoms with E-state index in [1.165, 1.54) is 0 Å². The van der Waals surface area contributed by atoms with Gasteiger partial charge in [0, 0.05) is 19.1 Å². The summed E-state index contributed by atoms with van der Waals surface area (Å²) in [6.45, 7) is 2.05. The summed E-state index contributed by atoms with van der Waals surface area (Å²) in [5.41, 5.74) is 6.31. The molecule has 0 saturated carbocycles. The number of nitrogens with two attached hydrogens (primary N) is 1. The second-order valence-electron chi connectivity index (χ2n) is 4.76. The fourth-order valence-electron chi connectivity index (χ4n) is 2.11. The number of carbonyl (C=O) groups is 1. The second-order valence-corrected chi connectivity index (χ2v) is 5.57. The van der Waals surface area contributed by atoms with E-state index in [1.54, 1.807) is 18.2 Å². The molecule has 0 unspecified atom stereocenters. The van der Waals surface area contributed by atoms with Gasteiger partial charge in [-0.05, 0) is 25.0 Å². The van der Waals surface area contributed by atoms with E-state index in [9.17, 15) is 4.79 Å². The van der Waals surface area contributed by atoms with Gasteiger partial charge in [0.15, 0.2) is 0 Å². The number of nitrogens with zero attached hydrogens (tertiary/aromatic N) is 1. The summed E-state index contributed by atoms with van der Waals surface area (Å²) in [5, 5.41) is 3.65. The van der Waals surface area contributed by atoms with Crippen molar-refractivity contribution >= 4 is 34.8 Å². The van der Waals surface area contributed by atoms with Crippen LogP contribution in [-0.4, -0.2) is 36.5 Å². The van der Waals surface area contributed by atoms with Gasteiger partial charge >= 0.3 is 0 Å². The molecule has 0 bridgehead atoms. The molecule has 0 aliphatic carbocycles. The first kappa shape index (κ1) is 14.6. The minimum atomic E-state index is -0.106. The summed E-state index contributed by atoms with van der Waals surface area (Å²) in [6.07, 6.45) is 1.86. The van der Waals surface area contributed by atoms with Gasteiger partial charge < -0.3 is 11.1 Å². The van der Waals surface area contributed by atoms with Gasteiger partial charge in [0.05, 0.1) is 22.3 Å². The minimum Gasteiger partial charge on any atom is -0.328 e. The maximum Gasteiger partial charge on any atom is 0.238 e. The first-order chi connectivity index (χ1) is 9.06. The molecular formula is C13H17Cl2N3O. The number of benzene rings is 1. The second kappa shape index (κ2) is 6.57. The van der Waals surface area contributed by atoms with E-state index in [2.05, 4.69) is 10.2 Å². The van der Waals surface area contributed by atoms with Crippen LogP contribution in [0.2, 0.25) is 10.0 Å². The Balaban J connectivity index is 1.91. The standard InChI is InChI=1S/C13H17Cl2N3O/c14-10-2-1-3-11(15)13(10)17-12(19)8-18-6-4-9(16)5-7-18/h1-3,9H,4-8,16H2,(H,17,19). The predicted octanol–water partition coefficient (Wildman–Crippen LogP) is 2.35. The highest BCUT2D eigenvalue weighted by Crippen LogP contribution is 2.29. The van der Waals surface area contributed by atoms with Crippen LogP contribution >= 0.6 is 23.2 Å². The predicted molar refractivity (Wildman–Crippen MR) is 78.7 cm³/mol. The number of hydrogen-bond acceptors (Lipinski definition) is 3. The van der Waals surface area contributed by atoms with Crippen molar-refractivity contribution in [3.63, 3.8) is 0 Å². The third kappa shape index (κ3) is 4.08. The van der Waals surface area contributed by atoms with Crippen LogP contribution in [0.3, 0.4) is 0 Å². The van der Waals surface area contributed by atoms with E-state index in [4.69, 9.17) is 28.9 Å². The Morgan fingerprint density at radius 1 is 1.32 bits per heavy atom. The average Bonchev–Trinajstić information content (AvgIpc) is 2.37. The van der Waals surface area contributed by atoms with E-state index < -0.39 is 0 Å². The quantitative estimate of drug-likeness (QED) is 0.901. The molecular weight excluding hydrogens is 285 g/mol. The number of piperidine rings is 1. The Morgan fingerprint density at radius 3 is 2.47 bits per heavy atom. The first-order valence-electron chi connectivity index (χ1n) is 6.28. The number of para-hydroxylation sites is 1. The van der Waals surface area contributed by atoms with Gasteiger partial charge in [-0.2, -0.15) is 0 Å². The fourth-order valence-corrected chi connectivity index (χ4v) is 2.60. The van der Waals surface area contributed by atoms with Crippen LogP contribution in [0, 0.1) is 0 Å². The molecule has 1 aliphatic rings. The maximum absolute atomic E-state index is 12.0. The van der Waals surface area contributed by atoms with Gasteiger partial charge in [0.2, 0.25) is 5.91 Å². The topological polar surface area (TPSA) is 58.4 Å². The SMILES string of the molecule is NC1CCN(CC(=O)Nc2c(Cl)cccc2Cl)CC1. The van der Waals surface area contributed by atoms with Gasteiger partial charge in [-0.3, -0.25) is 9.69 Å². The lowest BCUT2D eigenvalue weighted by atomic mass is 10.1. The molecule has 104 valence electrons. The first-order valence-corrected chi connectivity index (χ1v) is 7.03. The smallest absolute Gasteiger partial charge is 0.238 e. The van der Waals surface area contributed by atoms with Gasteiger partial charge in [0.1, 0.15) is 0 Å². The number of carbonyl (C=O) groups excluding carboxylic acids is 1. The average molecular weight is 302 g/mol. The van der Waals surface area contributed by atoms with Crippen molar-refractivity contribution in [2.75, 3.05) is 25.0 Å². The monoisotopic (exact) mass is 301 g/mol. The van der Waals surface area contributed by atoms with Crippen LogP contribution in [-0.2, 0) is 4.79 Å². The molecule has 2 rings (SSSR count). The van der Waals surface area contributed by atoms with Crippen LogP contribution in [0.25, 0.3) is 0 Å². The fraction of sp³-hybridized carbons (Fsp3) is 0.462. The van der Waals surface area contributed by atoms with Crippen LogP contribution in [0.5, 0.6) is 0 Å². The summed E-state index contributed by atoms with van der Waals surface area (Å²) >= 11 is 12.0. The van der Waals surface area contributed by atoms with Gasteiger partial charge in [-0.1, -0.05) is 29.3 Å². The Kier molecular flexibility index (Phi) is 5.05. The highest BCUT2D eigenvalue weighted by Gasteiger charge is 2.19. The molecule has 0 aromatic heterocycles. The molecule has 0 spiro atoms. The third-order valence-corrected chi connectivity index (χ3v) is 3.86. The van der Waals surface area contributed by atoms with Crippen LogP contribution in [0.1, 0.15) is 12.8 Å². The molecule has 1 fully saturated rings. The summed E-state index contributed by atoms with van der Waals surface area (Å²) in [6, 6.07) is 5.40. The molecule has 4 nitrogen and oxygen atoms in total. The van der Waals surface area contributed by atoms with E-state index in [-0.39, 0.29) is 11.9 Å². The normalized spacial score (nSPS) is 17.4. The molecule has 1 heterocycles. The summed E-state index contributed by atoms with van der Waals surface area (Å²) < 4.78 is 0. The van der Waals surface area contributed by atoms with Crippen molar-refractivity contribution < 1.29 is 4.79 Å². The highest BCUT2D eigenvalue weighted by atomic mass is 35.5. The Labute approximate surface area is 122 Å². The van der Waals surface area contributed by atoms with Crippen molar-refractivity contribution in [2.45, 2.75) is 18.9 Å². The number of amides is 1. The van der Waals surface area contributed by atoms with Gasteiger partial charge in [-0.15, -0.1) is 0 Å². The van der Waals surface area contributed by atoms with E-state index in [0.29, 0.717) is 22.3 Å². The lowest BCUT2D eigenvalue weighted by Gasteiger charge is -2.29. The number of hydrogen-bond donors (Lipinski definition) is 2. The minimum absolute atomic E-state index is 0.106. The zero-order valence-corrected chi connectivity index (χ0v) is 12.0. The molecule has 1 aliphatic heterocycles. The molecule has 6 heteroatoms. The lowest BCUT2D eigenvalue weighted by Crippen LogP contribution is -2.43. The molecule has 19 heavy (non-hydrogen) atoms. The largest absolute Gasteiger partial charge is 0.328 e. The molecule has 3 N–H and O–H groups in total. The van der Waals surface area contributed by atoms with Crippen molar-refractivity contribution in [1.82, 2.24) is 4.90 Å². The van der Waals surface area contributed by atoms with Gasteiger partial charge in [0.25, 0.3) is 0 Å². The lowest BCUT2D eigenvalue weighted by molar-refractivity contribution is -0.117. The summed E-state index contributed by atoms with van der Waals surface area (Å²) in [7, 11) is 0. The maximum atomic E-state index is 12.0. The number of likely N-dealkylation sites (tertiary alicyclic amines) is 1. The van der Waals surface area contributed by atoms with E-state index in [0.717, 1.165) is 25.9 Å². The number of anilines is 1. The number of rotatable bonds is 3. The van der Waals surface area contributed by atoms with Gasteiger partial charge in [-0.25, -0.2) is 0 Å². The summed E-state index contributed by atoms with van der Waals surface area (Å²) in [5.74, 6) is -0.106. The Hall–Kier alpha value is -0.810. The molecule has 1 aromatic rings. The van der Waals surface area contributed by atoms with Crippen molar-refractivity contribution in [1.29, 1.82) is 0 Å². The number of halogens is 2. The zero-order valence-electron chi connectivity index (χ0n) is 10.5. The molecule has 0 radical (unpaired) electrons. The molecule has 1 amide bonds. The third-order valence-electron chi connectivity index (χ3n) is 3.23. The van der Waals surface area contributed by atoms with Crippen molar-refractivity contribution in [3.05, 3.63) is 28.2 Å². The highest BCUT2D eigenvalue weighted by molar-refractivity contribution is 6.39. The van der Waals surface area contributed by atoms with Crippen LogP contribution in [0.4, 0.5) is 5.69 Å².